The van der Waals surface area contributed by atoms with Crippen molar-refractivity contribution < 1.29 is 17.9 Å². The standard InChI is InChI=1S/C18H20N6O4S2/c1-27-14-6-2-3-7-15(14)28-10-9-24-11-19-18(20-12-24)23-30(25,26)16-8-4-5-13-17(16)22-29-21-13/h2-8H,9-12H2,1H3,(H2,19,20,23). The van der Waals surface area contributed by atoms with E-state index in [1.165, 1.54) is 6.07 Å². The summed E-state index contributed by atoms with van der Waals surface area (Å²) in [6.07, 6.45) is 0. The summed E-state index contributed by atoms with van der Waals surface area (Å²) in [6.45, 7) is 1.82. The molecule has 0 aliphatic carbocycles. The van der Waals surface area contributed by atoms with Crippen molar-refractivity contribution >= 4 is 38.7 Å². The van der Waals surface area contributed by atoms with Crippen molar-refractivity contribution in [1.82, 2.24) is 23.7 Å². The predicted octanol–water partition coefficient (Wildman–Crippen LogP) is 1.23. The summed E-state index contributed by atoms with van der Waals surface area (Å²) in [5.74, 6) is 1.54. The van der Waals surface area contributed by atoms with E-state index < -0.39 is 10.0 Å². The number of sulfonamides is 1. The summed E-state index contributed by atoms with van der Waals surface area (Å²) < 4.78 is 47.2. The van der Waals surface area contributed by atoms with Crippen LogP contribution in [0.3, 0.4) is 0 Å². The first-order chi connectivity index (χ1) is 14.6. The molecule has 30 heavy (non-hydrogen) atoms. The van der Waals surface area contributed by atoms with Gasteiger partial charge in [0.1, 0.15) is 22.5 Å². The van der Waals surface area contributed by atoms with Crippen LogP contribution in [-0.4, -0.2) is 61.6 Å². The van der Waals surface area contributed by atoms with Gasteiger partial charge in [-0.05, 0) is 24.3 Å². The lowest BCUT2D eigenvalue weighted by atomic mass is 10.3. The number of fused-ring (bicyclic) bond motifs is 1. The van der Waals surface area contributed by atoms with Crippen molar-refractivity contribution in [2.24, 2.45) is 4.99 Å². The monoisotopic (exact) mass is 448 g/mol. The predicted molar refractivity (Wildman–Crippen MR) is 113 cm³/mol. The zero-order valence-corrected chi connectivity index (χ0v) is 17.7. The number of hydrogen-bond donors (Lipinski definition) is 2. The van der Waals surface area contributed by atoms with E-state index in [2.05, 4.69) is 23.8 Å². The molecule has 0 amide bonds. The maximum absolute atomic E-state index is 12.7. The first-order valence-electron chi connectivity index (χ1n) is 9.07. The van der Waals surface area contributed by atoms with E-state index in [1.807, 2.05) is 29.2 Å². The highest BCUT2D eigenvalue weighted by molar-refractivity contribution is 7.90. The number of methoxy groups -OCH3 is 1. The van der Waals surface area contributed by atoms with E-state index in [0.29, 0.717) is 49.0 Å². The third kappa shape index (κ3) is 4.45. The number of guanidine groups is 1. The maximum Gasteiger partial charge on any atom is 0.266 e. The van der Waals surface area contributed by atoms with E-state index in [1.54, 1.807) is 19.2 Å². The average Bonchev–Trinajstić information content (AvgIpc) is 3.24. The second-order valence-corrected chi connectivity index (χ2v) is 8.55. The largest absolute Gasteiger partial charge is 0.493 e. The molecule has 158 valence electrons. The zero-order chi connectivity index (χ0) is 21.0. The van der Waals surface area contributed by atoms with Crippen LogP contribution in [0.2, 0.25) is 0 Å². The number of benzene rings is 2. The Labute approximate surface area is 177 Å². The van der Waals surface area contributed by atoms with Crippen LogP contribution < -0.4 is 19.5 Å². The Morgan fingerprint density at radius 2 is 2.00 bits per heavy atom. The second kappa shape index (κ2) is 8.81. The Hall–Kier alpha value is -2.96. The average molecular weight is 449 g/mol. The summed E-state index contributed by atoms with van der Waals surface area (Å²) in [7, 11) is -2.23. The minimum Gasteiger partial charge on any atom is -0.493 e. The topological polar surface area (TPSA) is 118 Å². The van der Waals surface area contributed by atoms with Crippen molar-refractivity contribution in [1.29, 1.82) is 0 Å². The molecule has 0 saturated carbocycles. The van der Waals surface area contributed by atoms with Gasteiger partial charge >= 0.3 is 0 Å². The van der Waals surface area contributed by atoms with Gasteiger partial charge in [-0.3, -0.25) is 4.90 Å². The molecule has 2 aromatic carbocycles. The lowest BCUT2D eigenvalue weighted by molar-refractivity contribution is 0.199. The van der Waals surface area contributed by atoms with Crippen molar-refractivity contribution in [3.05, 3.63) is 42.5 Å². The number of hydrogen-bond acceptors (Lipinski definition) is 10. The van der Waals surface area contributed by atoms with Gasteiger partial charge in [0.25, 0.3) is 10.0 Å². The van der Waals surface area contributed by atoms with E-state index in [9.17, 15) is 8.42 Å². The van der Waals surface area contributed by atoms with E-state index in [4.69, 9.17) is 9.47 Å². The molecule has 0 fully saturated rings. The molecule has 1 aliphatic heterocycles. The van der Waals surface area contributed by atoms with Gasteiger partial charge in [0.2, 0.25) is 5.96 Å². The van der Waals surface area contributed by atoms with Crippen LogP contribution in [0.4, 0.5) is 0 Å². The number of ether oxygens (including phenoxy) is 2. The van der Waals surface area contributed by atoms with Gasteiger partial charge in [-0.25, -0.2) is 18.1 Å². The molecule has 0 saturated heterocycles. The molecule has 0 atom stereocenters. The fraction of sp³-hybridized carbons (Fsp3) is 0.278. The van der Waals surface area contributed by atoms with Gasteiger partial charge in [0, 0.05) is 6.54 Å². The Bertz CT molecular complexity index is 1160. The lowest BCUT2D eigenvalue weighted by Gasteiger charge is -2.27. The molecule has 0 radical (unpaired) electrons. The number of nitrogens with zero attached hydrogens (tertiary/aromatic N) is 4. The molecule has 10 nitrogen and oxygen atoms in total. The normalized spacial score (nSPS) is 14.8. The van der Waals surface area contributed by atoms with Crippen LogP contribution in [0.1, 0.15) is 0 Å². The Morgan fingerprint density at radius 3 is 2.77 bits per heavy atom. The van der Waals surface area contributed by atoms with Crippen LogP contribution in [0.25, 0.3) is 11.0 Å². The summed E-state index contributed by atoms with van der Waals surface area (Å²) in [4.78, 5) is 6.34. The Balaban J connectivity index is 1.33. The number of rotatable bonds is 7. The molecule has 1 aromatic heterocycles. The third-order valence-corrected chi connectivity index (χ3v) is 6.32. The van der Waals surface area contributed by atoms with Gasteiger partial charge in [-0.1, -0.05) is 18.2 Å². The van der Waals surface area contributed by atoms with Crippen LogP contribution in [-0.2, 0) is 10.0 Å². The van der Waals surface area contributed by atoms with E-state index in [-0.39, 0.29) is 10.9 Å². The molecule has 2 N–H and O–H groups in total. The van der Waals surface area contributed by atoms with Crippen LogP contribution in [0, 0.1) is 0 Å². The summed E-state index contributed by atoms with van der Waals surface area (Å²) in [6, 6.07) is 12.3. The Kier molecular flexibility index (Phi) is 5.97. The minimum absolute atomic E-state index is 0.0749. The molecule has 4 rings (SSSR count). The summed E-state index contributed by atoms with van der Waals surface area (Å²) in [5, 5.41) is 2.98. The van der Waals surface area contributed by atoms with Gasteiger partial charge in [-0.2, -0.15) is 8.75 Å². The van der Waals surface area contributed by atoms with Crippen molar-refractivity contribution in [2.75, 3.05) is 33.6 Å². The molecule has 0 unspecified atom stereocenters. The van der Waals surface area contributed by atoms with Crippen molar-refractivity contribution in [3.63, 3.8) is 0 Å². The highest BCUT2D eigenvalue weighted by atomic mass is 32.2. The molecule has 0 spiro atoms. The highest BCUT2D eigenvalue weighted by Crippen LogP contribution is 2.25. The van der Waals surface area contributed by atoms with Crippen LogP contribution >= 0.6 is 11.7 Å². The summed E-state index contributed by atoms with van der Waals surface area (Å²) >= 11 is 0.973. The molecule has 2 heterocycles. The molecular formula is C18H20N6O4S2. The first-order valence-corrected chi connectivity index (χ1v) is 11.3. The zero-order valence-electron chi connectivity index (χ0n) is 16.1. The number of aliphatic imine (C=N–C) groups is 1. The fourth-order valence-corrected chi connectivity index (χ4v) is 4.66. The number of para-hydroxylation sites is 2. The molecular weight excluding hydrogens is 428 g/mol. The first kappa shape index (κ1) is 20.3. The molecule has 0 bridgehead atoms. The fourth-order valence-electron chi connectivity index (χ4n) is 2.88. The highest BCUT2D eigenvalue weighted by Gasteiger charge is 2.23. The van der Waals surface area contributed by atoms with Gasteiger partial charge < -0.3 is 14.8 Å². The van der Waals surface area contributed by atoms with Crippen molar-refractivity contribution in [3.8, 4) is 11.5 Å². The lowest BCUT2D eigenvalue weighted by Crippen LogP contribution is -2.50. The molecule has 1 aliphatic rings. The molecule has 3 aromatic rings. The molecule has 12 heteroatoms. The van der Waals surface area contributed by atoms with E-state index in [0.717, 1.165) is 11.7 Å². The minimum atomic E-state index is -3.83. The Morgan fingerprint density at radius 1 is 1.17 bits per heavy atom. The van der Waals surface area contributed by atoms with Crippen LogP contribution in [0.15, 0.2) is 52.4 Å². The smallest absolute Gasteiger partial charge is 0.266 e. The SMILES string of the molecule is COc1ccccc1OCCN1CN=C(NS(=O)(=O)c2cccc3nsnc23)NC1. The number of nitrogens with one attached hydrogen (secondary N) is 2. The van der Waals surface area contributed by atoms with Crippen LogP contribution in [0.5, 0.6) is 11.5 Å². The van der Waals surface area contributed by atoms with Gasteiger partial charge in [-0.15, -0.1) is 0 Å². The van der Waals surface area contributed by atoms with Gasteiger partial charge in [0.15, 0.2) is 11.5 Å². The maximum atomic E-state index is 12.7. The number of aromatic nitrogens is 2. The quantitative estimate of drug-likeness (QED) is 0.554. The van der Waals surface area contributed by atoms with Crippen molar-refractivity contribution in [2.45, 2.75) is 4.90 Å². The van der Waals surface area contributed by atoms with E-state index >= 15 is 0 Å². The van der Waals surface area contributed by atoms with Gasteiger partial charge in [0.05, 0.1) is 32.2 Å². The summed E-state index contributed by atoms with van der Waals surface area (Å²) in [5.41, 5.74) is 0.893. The third-order valence-electron chi connectivity index (χ3n) is 4.40. The second-order valence-electron chi connectivity index (χ2n) is 6.37.